The number of carbonyl (C=O) groups excluding carboxylic acids is 3. The Bertz CT molecular complexity index is 1590. The summed E-state index contributed by atoms with van der Waals surface area (Å²) in [6.07, 6.45) is 7.37. The number of nitrogens with one attached hydrogen (secondary N) is 2. The number of nitrogens with zero attached hydrogens (tertiary/aromatic N) is 2. The van der Waals surface area contributed by atoms with Crippen LogP contribution in [0, 0.1) is 0 Å². The third-order valence-corrected chi connectivity index (χ3v) is 7.69. The van der Waals surface area contributed by atoms with Crippen molar-refractivity contribution < 1.29 is 14.4 Å². The van der Waals surface area contributed by atoms with E-state index in [9.17, 15) is 14.4 Å². The maximum atomic E-state index is 13.9. The van der Waals surface area contributed by atoms with Crippen molar-refractivity contribution in [1.29, 1.82) is 0 Å². The Kier molecular flexibility index (Phi) is 9.02. The normalized spacial score (nSPS) is 13.2. The van der Waals surface area contributed by atoms with E-state index < -0.39 is 12.1 Å². The molecule has 0 unspecified atom stereocenters. The van der Waals surface area contributed by atoms with Crippen LogP contribution in [0.15, 0.2) is 85.1 Å². The lowest BCUT2D eigenvalue weighted by Gasteiger charge is -2.41. The van der Waals surface area contributed by atoms with Crippen molar-refractivity contribution >= 4 is 40.4 Å². The molecule has 0 saturated carbocycles. The minimum atomic E-state index is -0.669. The fraction of sp³-hybridized carbons (Fsp3) is 0.265. The SMILES string of the molecule is CC(=O)CCCCC[C@@H](C(=O)NCCc1c(-c2ccccc2)[nH]c2ccccc12)N1c2ccccc2C=CN1C(N)=O. The monoisotopic (exact) mass is 563 g/mol. The number of para-hydroxylation sites is 2. The molecule has 42 heavy (non-hydrogen) atoms. The zero-order valence-electron chi connectivity index (χ0n) is 23.9. The standard InChI is InChI=1S/C34H37N5O3/c1-24(40)12-4-2-7-19-31(39-30-18-11-8-13-25(30)21-23-38(39)34(35)42)33(41)36-22-20-28-27-16-9-10-17-29(27)37-32(28)26-14-5-3-6-15-26/h3,5-6,8-11,13-18,21,23,31,37H,2,4,7,12,19-20,22H2,1H3,(H2,35,42)(H,36,41)/t31-/m0/s1. The number of hydrogen-bond donors (Lipinski definition) is 3. The molecule has 3 aromatic carbocycles. The second-order valence-electron chi connectivity index (χ2n) is 10.7. The summed E-state index contributed by atoms with van der Waals surface area (Å²) in [5, 5.41) is 7.31. The average molecular weight is 564 g/mol. The Morgan fingerprint density at radius 1 is 0.905 bits per heavy atom. The number of carbonyl (C=O) groups is 3. The highest BCUT2D eigenvalue weighted by atomic mass is 16.2. The minimum Gasteiger partial charge on any atom is -0.354 e. The Hall–Kier alpha value is -4.85. The Morgan fingerprint density at radius 3 is 2.43 bits per heavy atom. The van der Waals surface area contributed by atoms with Gasteiger partial charge in [-0.25, -0.2) is 9.80 Å². The van der Waals surface area contributed by atoms with Crippen LogP contribution in [0.25, 0.3) is 28.2 Å². The average Bonchev–Trinajstić information content (AvgIpc) is 3.37. The number of aromatic amines is 1. The first-order chi connectivity index (χ1) is 20.4. The van der Waals surface area contributed by atoms with Crippen LogP contribution in [-0.2, 0) is 16.0 Å². The number of Topliss-reactive ketones (excluding diaryl/α,β-unsaturated/α-hetero) is 1. The van der Waals surface area contributed by atoms with Gasteiger partial charge in [0.05, 0.1) is 5.69 Å². The van der Waals surface area contributed by atoms with Gasteiger partial charge in [0.25, 0.3) is 0 Å². The number of fused-ring (bicyclic) bond motifs is 2. The molecule has 0 aliphatic carbocycles. The summed E-state index contributed by atoms with van der Waals surface area (Å²) in [6.45, 7) is 2.01. The van der Waals surface area contributed by atoms with Crippen LogP contribution < -0.4 is 16.1 Å². The van der Waals surface area contributed by atoms with Crippen molar-refractivity contribution in [2.45, 2.75) is 51.5 Å². The van der Waals surface area contributed by atoms with Gasteiger partial charge >= 0.3 is 6.03 Å². The van der Waals surface area contributed by atoms with Crippen LogP contribution in [0.4, 0.5) is 10.5 Å². The molecule has 2 heterocycles. The van der Waals surface area contributed by atoms with E-state index in [1.807, 2.05) is 60.7 Å². The van der Waals surface area contributed by atoms with E-state index >= 15 is 0 Å². The van der Waals surface area contributed by atoms with Crippen LogP contribution in [-0.4, -0.2) is 40.3 Å². The summed E-state index contributed by atoms with van der Waals surface area (Å²) in [4.78, 5) is 41.4. The van der Waals surface area contributed by atoms with Gasteiger partial charge in [0.1, 0.15) is 11.8 Å². The lowest BCUT2D eigenvalue weighted by molar-refractivity contribution is -0.123. The predicted octanol–water partition coefficient (Wildman–Crippen LogP) is 6.19. The molecular weight excluding hydrogens is 526 g/mol. The third-order valence-electron chi connectivity index (χ3n) is 7.69. The quantitative estimate of drug-likeness (QED) is 0.179. The molecule has 5 rings (SSSR count). The Labute approximate surface area is 246 Å². The van der Waals surface area contributed by atoms with E-state index in [1.54, 1.807) is 18.1 Å². The van der Waals surface area contributed by atoms with Crippen molar-refractivity contribution in [2.24, 2.45) is 5.73 Å². The molecule has 8 nitrogen and oxygen atoms in total. The van der Waals surface area contributed by atoms with Gasteiger partial charge in [-0.15, -0.1) is 0 Å². The fourth-order valence-electron chi connectivity index (χ4n) is 5.67. The van der Waals surface area contributed by atoms with Crippen LogP contribution >= 0.6 is 0 Å². The van der Waals surface area contributed by atoms with Crippen molar-refractivity contribution in [3.63, 3.8) is 0 Å². The van der Waals surface area contributed by atoms with Gasteiger partial charge in [0.2, 0.25) is 5.91 Å². The first-order valence-corrected chi connectivity index (χ1v) is 14.5. The van der Waals surface area contributed by atoms with Crippen LogP contribution in [0.3, 0.4) is 0 Å². The zero-order chi connectivity index (χ0) is 29.5. The largest absolute Gasteiger partial charge is 0.354 e. The number of ketones is 1. The summed E-state index contributed by atoms with van der Waals surface area (Å²) in [6, 6.07) is 24.7. The van der Waals surface area contributed by atoms with E-state index in [4.69, 9.17) is 5.73 Å². The number of unbranched alkanes of at least 4 members (excludes halogenated alkanes) is 2. The number of anilines is 1. The predicted molar refractivity (Wildman–Crippen MR) is 167 cm³/mol. The van der Waals surface area contributed by atoms with Crippen LogP contribution in [0.5, 0.6) is 0 Å². The van der Waals surface area contributed by atoms with E-state index in [-0.39, 0.29) is 11.7 Å². The molecule has 3 amide bonds. The maximum absolute atomic E-state index is 13.9. The molecule has 0 saturated heterocycles. The molecule has 1 aromatic heterocycles. The maximum Gasteiger partial charge on any atom is 0.337 e. The molecule has 8 heteroatoms. The van der Waals surface area contributed by atoms with Crippen molar-refractivity contribution in [3.05, 3.63) is 96.2 Å². The summed E-state index contributed by atoms with van der Waals surface area (Å²) >= 11 is 0. The molecule has 0 radical (unpaired) electrons. The van der Waals surface area contributed by atoms with Gasteiger partial charge in [-0.1, -0.05) is 79.6 Å². The molecule has 216 valence electrons. The second-order valence-corrected chi connectivity index (χ2v) is 10.7. The number of amides is 3. The Morgan fingerprint density at radius 2 is 1.64 bits per heavy atom. The van der Waals surface area contributed by atoms with E-state index in [2.05, 4.69) is 34.6 Å². The molecule has 0 spiro atoms. The molecule has 0 bridgehead atoms. The lowest BCUT2D eigenvalue weighted by atomic mass is 10.0. The second kappa shape index (κ2) is 13.2. The van der Waals surface area contributed by atoms with E-state index in [0.717, 1.165) is 58.2 Å². The Balaban J connectivity index is 1.38. The molecular formula is C34H37N5O3. The summed E-state index contributed by atoms with van der Waals surface area (Å²) in [5.41, 5.74) is 11.7. The van der Waals surface area contributed by atoms with E-state index in [1.165, 1.54) is 5.01 Å². The summed E-state index contributed by atoms with van der Waals surface area (Å²) < 4.78 is 0. The van der Waals surface area contributed by atoms with Crippen molar-refractivity contribution in [3.8, 4) is 11.3 Å². The topological polar surface area (TPSA) is 112 Å². The number of primary amides is 1. The highest BCUT2D eigenvalue weighted by Crippen LogP contribution is 2.33. The van der Waals surface area contributed by atoms with Gasteiger partial charge in [-0.2, -0.15) is 0 Å². The highest BCUT2D eigenvalue weighted by molar-refractivity contribution is 5.92. The first-order valence-electron chi connectivity index (χ1n) is 14.5. The van der Waals surface area contributed by atoms with Gasteiger partial charge in [0.15, 0.2) is 0 Å². The summed E-state index contributed by atoms with van der Waals surface area (Å²) in [5.74, 6) is -0.0227. The first kappa shape index (κ1) is 28.7. The van der Waals surface area contributed by atoms with Crippen molar-refractivity contribution in [2.75, 3.05) is 11.6 Å². The number of hydrogen-bond acceptors (Lipinski definition) is 4. The number of benzene rings is 3. The zero-order valence-corrected chi connectivity index (χ0v) is 23.9. The third kappa shape index (κ3) is 6.38. The number of aromatic nitrogens is 1. The number of urea groups is 1. The lowest BCUT2D eigenvalue weighted by Crippen LogP contribution is -2.57. The smallest absolute Gasteiger partial charge is 0.337 e. The fourth-order valence-corrected chi connectivity index (χ4v) is 5.67. The number of H-pyrrole nitrogens is 1. The highest BCUT2D eigenvalue weighted by Gasteiger charge is 2.34. The minimum absolute atomic E-state index is 0.159. The molecule has 4 aromatic rings. The van der Waals surface area contributed by atoms with Gasteiger partial charge < -0.3 is 20.8 Å². The van der Waals surface area contributed by atoms with Crippen molar-refractivity contribution in [1.82, 2.24) is 15.3 Å². The number of rotatable bonds is 12. The van der Waals surface area contributed by atoms with Gasteiger partial charge in [-0.3, -0.25) is 9.80 Å². The van der Waals surface area contributed by atoms with Crippen LogP contribution in [0.1, 0.15) is 50.2 Å². The molecule has 1 aliphatic rings. The molecule has 1 aliphatic heterocycles. The molecule has 0 fully saturated rings. The summed E-state index contributed by atoms with van der Waals surface area (Å²) in [7, 11) is 0. The number of nitrogens with two attached hydrogens (primary N) is 1. The molecule has 1 atom stereocenters. The molecule has 4 N–H and O–H groups in total. The van der Waals surface area contributed by atoms with Gasteiger partial charge in [0, 0.05) is 41.3 Å². The van der Waals surface area contributed by atoms with Gasteiger partial charge in [-0.05, 0) is 55.5 Å². The van der Waals surface area contributed by atoms with Crippen LogP contribution in [0.2, 0.25) is 0 Å². The number of hydrazine groups is 1. The van der Waals surface area contributed by atoms with E-state index in [0.29, 0.717) is 25.8 Å².